The zero-order valence-electron chi connectivity index (χ0n) is 11.3. The summed E-state index contributed by atoms with van der Waals surface area (Å²) in [6.45, 7) is 4.25. The van der Waals surface area contributed by atoms with Gasteiger partial charge in [0.15, 0.2) is 0 Å². The fraction of sp³-hybridized carbons (Fsp3) is 0.500. The molecule has 0 saturated carbocycles. The average molecular weight is 304 g/mol. The molecule has 2 N–H and O–H groups in total. The summed E-state index contributed by atoms with van der Waals surface area (Å²) >= 11 is 0. The van der Waals surface area contributed by atoms with Gasteiger partial charge in [-0.05, 0) is 26.0 Å². The van der Waals surface area contributed by atoms with Crippen molar-refractivity contribution >= 4 is 26.5 Å². The molecule has 0 aliphatic rings. The molecule has 5 nitrogen and oxygen atoms in total. The summed E-state index contributed by atoms with van der Waals surface area (Å²) < 4.78 is 38.2. The van der Waals surface area contributed by atoms with Crippen molar-refractivity contribution < 1.29 is 12.6 Å². The standard InChI is InChI=1S/C12H20N2O3S2/c1-4-13-11-7-5-6-8-12(11)19(16,17)14-10(2)9-18(3)15/h5-8,10,13-14H,4,9H2,1-3H3. The molecule has 0 heterocycles. The van der Waals surface area contributed by atoms with Crippen LogP contribution in [0.3, 0.4) is 0 Å². The highest BCUT2D eigenvalue weighted by molar-refractivity contribution is 7.89. The van der Waals surface area contributed by atoms with E-state index < -0.39 is 20.8 Å². The van der Waals surface area contributed by atoms with Gasteiger partial charge in [-0.25, -0.2) is 13.1 Å². The normalized spacial score (nSPS) is 14.9. The molecule has 0 aliphatic heterocycles. The Labute approximate surface area is 117 Å². The molecule has 7 heteroatoms. The van der Waals surface area contributed by atoms with Gasteiger partial charge >= 0.3 is 0 Å². The van der Waals surface area contributed by atoms with Gasteiger partial charge in [-0.1, -0.05) is 12.1 Å². The molecular weight excluding hydrogens is 284 g/mol. The van der Waals surface area contributed by atoms with Gasteiger partial charge in [-0.3, -0.25) is 4.21 Å². The summed E-state index contributed by atoms with van der Waals surface area (Å²) in [4.78, 5) is 0.214. The summed E-state index contributed by atoms with van der Waals surface area (Å²) in [5, 5.41) is 3.02. The number of nitrogens with one attached hydrogen (secondary N) is 2. The van der Waals surface area contributed by atoms with Gasteiger partial charge in [-0.2, -0.15) is 0 Å². The number of anilines is 1. The number of benzene rings is 1. The number of rotatable bonds is 7. The van der Waals surface area contributed by atoms with E-state index in [0.29, 0.717) is 18.0 Å². The second-order valence-corrected chi connectivity index (χ2v) is 7.45. The van der Waals surface area contributed by atoms with Crippen molar-refractivity contribution in [3.63, 3.8) is 0 Å². The predicted octanol–water partition coefficient (Wildman–Crippen LogP) is 1.16. The molecule has 0 fully saturated rings. The van der Waals surface area contributed by atoms with Crippen LogP contribution < -0.4 is 10.0 Å². The molecule has 1 aromatic rings. The SMILES string of the molecule is CCNc1ccccc1S(=O)(=O)NC(C)CS(C)=O. The Morgan fingerprint density at radius 2 is 1.95 bits per heavy atom. The highest BCUT2D eigenvalue weighted by Crippen LogP contribution is 2.20. The van der Waals surface area contributed by atoms with Crippen molar-refractivity contribution in [1.82, 2.24) is 4.72 Å². The van der Waals surface area contributed by atoms with E-state index in [-0.39, 0.29) is 10.9 Å². The average Bonchev–Trinajstić information content (AvgIpc) is 2.27. The van der Waals surface area contributed by atoms with Crippen LogP contribution >= 0.6 is 0 Å². The topological polar surface area (TPSA) is 75.3 Å². The van der Waals surface area contributed by atoms with Gasteiger partial charge in [0.1, 0.15) is 4.90 Å². The first-order valence-corrected chi connectivity index (χ1v) is 9.23. The first kappa shape index (κ1) is 16.1. The Hall–Kier alpha value is -0.920. The van der Waals surface area contributed by atoms with Crippen molar-refractivity contribution in [3.05, 3.63) is 24.3 Å². The monoisotopic (exact) mass is 304 g/mol. The Balaban J connectivity index is 2.97. The quantitative estimate of drug-likeness (QED) is 0.793. The van der Waals surface area contributed by atoms with Crippen LogP contribution in [0.5, 0.6) is 0 Å². The lowest BCUT2D eigenvalue weighted by Crippen LogP contribution is -2.36. The van der Waals surface area contributed by atoms with Gasteiger partial charge in [-0.15, -0.1) is 0 Å². The second kappa shape index (κ2) is 7.02. The second-order valence-electron chi connectivity index (χ2n) is 4.29. The van der Waals surface area contributed by atoms with Crippen LogP contribution in [0.15, 0.2) is 29.2 Å². The molecule has 0 spiro atoms. The van der Waals surface area contributed by atoms with Gasteiger partial charge in [0.25, 0.3) is 0 Å². The van der Waals surface area contributed by atoms with Crippen molar-refractivity contribution in [3.8, 4) is 0 Å². The molecule has 0 aromatic heterocycles. The molecule has 0 radical (unpaired) electrons. The van der Waals surface area contributed by atoms with E-state index in [1.165, 1.54) is 0 Å². The summed E-state index contributed by atoms with van der Waals surface area (Å²) in [5.74, 6) is 0.294. The van der Waals surface area contributed by atoms with E-state index >= 15 is 0 Å². The van der Waals surface area contributed by atoms with Gasteiger partial charge in [0.2, 0.25) is 10.0 Å². The highest BCUT2D eigenvalue weighted by Gasteiger charge is 2.20. The Bertz CT molecular complexity index is 544. The van der Waals surface area contributed by atoms with Crippen molar-refractivity contribution in [2.24, 2.45) is 0 Å². The Morgan fingerprint density at radius 3 is 2.53 bits per heavy atom. The molecule has 0 saturated heterocycles. The third-order valence-corrected chi connectivity index (χ3v) is 5.00. The van der Waals surface area contributed by atoms with E-state index in [4.69, 9.17) is 0 Å². The van der Waals surface area contributed by atoms with Crippen LogP contribution in [0.1, 0.15) is 13.8 Å². The minimum absolute atomic E-state index is 0.214. The largest absolute Gasteiger partial charge is 0.384 e. The zero-order valence-corrected chi connectivity index (χ0v) is 13.0. The molecule has 108 valence electrons. The molecule has 1 aromatic carbocycles. The molecule has 0 amide bonds. The van der Waals surface area contributed by atoms with Gasteiger partial charge in [0, 0.05) is 35.4 Å². The smallest absolute Gasteiger partial charge is 0.242 e. The summed E-state index contributed by atoms with van der Waals surface area (Å²) in [6.07, 6.45) is 1.55. The first-order valence-electron chi connectivity index (χ1n) is 6.02. The van der Waals surface area contributed by atoms with Crippen LogP contribution in [-0.4, -0.2) is 37.2 Å². The molecule has 0 aliphatic carbocycles. The minimum atomic E-state index is -3.60. The fourth-order valence-corrected chi connectivity index (χ4v) is 4.07. The number of hydrogen-bond acceptors (Lipinski definition) is 4. The maximum Gasteiger partial charge on any atom is 0.242 e. The third-order valence-electron chi connectivity index (χ3n) is 2.38. The minimum Gasteiger partial charge on any atom is -0.384 e. The summed E-state index contributed by atoms with van der Waals surface area (Å²) in [6, 6.07) is 6.36. The predicted molar refractivity (Wildman–Crippen MR) is 79.3 cm³/mol. The number of para-hydroxylation sites is 1. The van der Waals surface area contributed by atoms with Gasteiger partial charge < -0.3 is 5.32 Å². The maximum absolute atomic E-state index is 12.3. The van der Waals surface area contributed by atoms with E-state index in [1.54, 1.807) is 37.4 Å². The molecule has 2 unspecified atom stereocenters. The number of sulfonamides is 1. The van der Waals surface area contributed by atoms with Crippen molar-refractivity contribution in [1.29, 1.82) is 0 Å². The highest BCUT2D eigenvalue weighted by atomic mass is 32.2. The fourth-order valence-electron chi connectivity index (χ4n) is 1.75. The van der Waals surface area contributed by atoms with Crippen molar-refractivity contribution in [2.45, 2.75) is 24.8 Å². The maximum atomic E-state index is 12.3. The van der Waals surface area contributed by atoms with Crippen LogP contribution in [0.2, 0.25) is 0 Å². The Kier molecular flexibility index (Phi) is 5.96. The first-order chi connectivity index (χ1) is 8.86. The van der Waals surface area contributed by atoms with Crippen LogP contribution in [-0.2, 0) is 20.8 Å². The third kappa shape index (κ3) is 4.93. The van der Waals surface area contributed by atoms with Crippen molar-refractivity contribution in [2.75, 3.05) is 23.9 Å². The van der Waals surface area contributed by atoms with E-state index in [9.17, 15) is 12.6 Å². The number of hydrogen-bond donors (Lipinski definition) is 2. The Morgan fingerprint density at radius 1 is 1.32 bits per heavy atom. The molecular formula is C12H20N2O3S2. The molecule has 0 bridgehead atoms. The summed E-state index contributed by atoms with van der Waals surface area (Å²) in [5.41, 5.74) is 0.572. The summed E-state index contributed by atoms with van der Waals surface area (Å²) in [7, 11) is -4.64. The van der Waals surface area contributed by atoms with Crippen LogP contribution in [0.25, 0.3) is 0 Å². The van der Waals surface area contributed by atoms with Crippen LogP contribution in [0, 0.1) is 0 Å². The lowest BCUT2D eigenvalue weighted by molar-refractivity contribution is 0.570. The lowest BCUT2D eigenvalue weighted by Gasteiger charge is -2.15. The molecule has 19 heavy (non-hydrogen) atoms. The lowest BCUT2D eigenvalue weighted by atomic mass is 10.3. The van der Waals surface area contributed by atoms with E-state index in [2.05, 4.69) is 10.0 Å². The van der Waals surface area contributed by atoms with Crippen LogP contribution in [0.4, 0.5) is 5.69 Å². The molecule has 1 rings (SSSR count). The molecule has 2 atom stereocenters. The van der Waals surface area contributed by atoms with E-state index in [0.717, 1.165) is 0 Å². The van der Waals surface area contributed by atoms with Gasteiger partial charge in [0.05, 0.1) is 5.69 Å². The van der Waals surface area contributed by atoms with E-state index in [1.807, 2.05) is 6.92 Å². The zero-order chi connectivity index (χ0) is 14.5.